The van der Waals surface area contributed by atoms with Crippen molar-refractivity contribution in [2.24, 2.45) is 11.8 Å². The van der Waals surface area contributed by atoms with Crippen LogP contribution in [0.25, 0.3) is 0 Å². The number of nitrogens with one attached hydrogen (secondary N) is 1. The molecule has 1 N–H and O–H groups in total. The predicted octanol–water partition coefficient (Wildman–Crippen LogP) is 2.02. The third kappa shape index (κ3) is 3.01. The van der Waals surface area contributed by atoms with E-state index in [0.717, 1.165) is 30.8 Å². The van der Waals surface area contributed by atoms with E-state index in [4.69, 9.17) is 0 Å². The highest BCUT2D eigenvalue weighted by Crippen LogP contribution is 2.34. The summed E-state index contributed by atoms with van der Waals surface area (Å²) in [4.78, 5) is 13.8. The molecule has 2 fully saturated rings. The summed E-state index contributed by atoms with van der Waals surface area (Å²) in [5, 5.41) is 3.11. The van der Waals surface area contributed by atoms with Crippen LogP contribution in [0.15, 0.2) is 0 Å². The van der Waals surface area contributed by atoms with Crippen molar-refractivity contribution in [3.63, 3.8) is 0 Å². The van der Waals surface area contributed by atoms with Gasteiger partial charge in [-0.1, -0.05) is 20.3 Å². The van der Waals surface area contributed by atoms with Gasteiger partial charge >= 0.3 is 0 Å². The Hall–Kier alpha value is -0.570. The SMILES string of the molecule is CCC1CC(NC(C)=O)CN(C2CCC2C)C1. The Morgan fingerprint density at radius 2 is 2.12 bits per heavy atom. The Balaban J connectivity index is 1.94. The van der Waals surface area contributed by atoms with Gasteiger partial charge in [0.25, 0.3) is 0 Å². The first kappa shape index (κ1) is 12.9. The second-order valence-corrected chi connectivity index (χ2v) is 5.98. The molecule has 2 aliphatic rings. The van der Waals surface area contributed by atoms with E-state index in [9.17, 15) is 4.79 Å². The summed E-state index contributed by atoms with van der Waals surface area (Å²) in [6, 6.07) is 1.15. The molecule has 1 aliphatic heterocycles. The quantitative estimate of drug-likeness (QED) is 0.816. The Bertz CT molecular complexity index is 279. The Kier molecular flexibility index (Phi) is 4.08. The summed E-state index contributed by atoms with van der Waals surface area (Å²) < 4.78 is 0. The molecule has 3 heteroatoms. The number of carbonyl (C=O) groups is 1. The molecule has 1 heterocycles. The molecule has 17 heavy (non-hydrogen) atoms. The molecule has 0 aromatic heterocycles. The van der Waals surface area contributed by atoms with Crippen LogP contribution >= 0.6 is 0 Å². The lowest BCUT2D eigenvalue weighted by molar-refractivity contribution is -0.120. The smallest absolute Gasteiger partial charge is 0.217 e. The monoisotopic (exact) mass is 238 g/mol. The fourth-order valence-electron chi connectivity index (χ4n) is 3.39. The molecular weight excluding hydrogens is 212 g/mol. The zero-order chi connectivity index (χ0) is 12.4. The van der Waals surface area contributed by atoms with E-state index in [0.29, 0.717) is 6.04 Å². The number of rotatable bonds is 3. The Labute approximate surface area is 105 Å². The van der Waals surface area contributed by atoms with E-state index in [1.807, 2.05) is 0 Å². The highest BCUT2D eigenvalue weighted by molar-refractivity contribution is 5.73. The lowest BCUT2D eigenvalue weighted by Crippen LogP contribution is -2.57. The van der Waals surface area contributed by atoms with Gasteiger partial charge in [0.1, 0.15) is 0 Å². The van der Waals surface area contributed by atoms with Crippen molar-refractivity contribution in [3.05, 3.63) is 0 Å². The van der Waals surface area contributed by atoms with Crippen LogP contribution in [-0.4, -0.2) is 36.0 Å². The van der Waals surface area contributed by atoms with Crippen LogP contribution in [0, 0.1) is 11.8 Å². The largest absolute Gasteiger partial charge is 0.352 e. The van der Waals surface area contributed by atoms with E-state index < -0.39 is 0 Å². The molecule has 3 nitrogen and oxygen atoms in total. The van der Waals surface area contributed by atoms with Gasteiger partial charge in [-0.3, -0.25) is 9.69 Å². The number of piperidine rings is 1. The Morgan fingerprint density at radius 1 is 1.35 bits per heavy atom. The van der Waals surface area contributed by atoms with Crippen LogP contribution < -0.4 is 5.32 Å². The first-order chi connectivity index (χ1) is 8.10. The van der Waals surface area contributed by atoms with Crippen LogP contribution in [0.5, 0.6) is 0 Å². The van der Waals surface area contributed by atoms with Crippen molar-refractivity contribution < 1.29 is 4.79 Å². The van der Waals surface area contributed by atoms with Crippen LogP contribution in [0.2, 0.25) is 0 Å². The van der Waals surface area contributed by atoms with E-state index in [2.05, 4.69) is 24.1 Å². The Morgan fingerprint density at radius 3 is 2.59 bits per heavy atom. The van der Waals surface area contributed by atoms with Crippen molar-refractivity contribution in [1.82, 2.24) is 10.2 Å². The van der Waals surface area contributed by atoms with Crippen LogP contribution in [0.4, 0.5) is 0 Å². The molecule has 0 radical (unpaired) electrons. The van der Waals surface area contributed by atoms with Gasteiger partial charge in [0, 0.05) is 32.1 Å². The minimum absolute atomic E-state index is 0.119. The summed E-state index contributed by atoms with van der Waals surface area (Å²) in [5.74, 6) is 1.73. The summed E-state index contributed by atoms with van der Waals surface area (Å²) in [5.41, 5.74) is 0. The first-order valence-corrected chi connectivity index (χ1v) is 7.11. The molecule has 0 bridgehead atoms. The molecule has 0 spiro atoms. The standard InChI is InChI=1S/C14H26N2O/c1-4-12-7-13(15-11(3)17)9-16(8-12)14-6-5-10(14)2/h10,12-14H,4-9H2,1-3H3,(H,15,17). The topological polar surface area (TPSA) is 32.3 Å². The van der Waals surface area contributed by atoms with Crippen LogP contribution in [0.1, 0.15) is 46.5 Å². The molecule has 0 aromatic rings. The number of nitrogens with zero attached hydrogens (tertiary/aromatic N) is 1. The van der Waals surface area contributed by atoms with Gasteiger partial charge in [-0.15, -0.1) is 0 Å². The molecular formula is C14H26N2O. The molecule has 4 atom stereocenters. The minimum Gasteiger partial charge on any atom is -0.352 e. The highest BCUT2D eigenvalue weighted by atomic mass is 16.1. The zero-order valence-electron chi connectivity index (χ0n) is 11.4. The van der Waals surface area contributed by atoms with E-state index in [-0.39, 0.29) is 5.91 Å². The zero-order valence-corrected chi connectivity index (χ0v) is 11.4. The van der Waals surface area contributed by atoms with Crippen molar-refractivity contribution >= 4 is 5.91 Å². The summed E-state index contributed by atoms with van der Waals surface area (Å²) in [7, 11) is 0. The van der Waals surface area contributed by atoms with Gasteiger partial charge in [-0.2, -0.15) is 0 Å². The van der Waals surface area contributed by atoms with Gasteiger partial charge in [0.2, 0.25) is 5.91 Å². The maximum atomic E-state index is 11.2. The lowest BCUT2D eigenvalue weighted by atomic mass is 9.78. The summed E-state index contributed by atoms with van der Waals surface area (Å²) >= 11 is 0. The lowest BCUT2D eigenvalue weighted by Gasteiger charge is -2.48. The third-order valence-electron chi connectivity index (χ3n) is 4.59. The third-order valence-corrected chi connectivity index (χ3v) is 4.59. The number of carbonyl (C=O) groups excluding carboxylic acids is 1. The fourth-order valence-corrected chi connectivity index (χ4v) is 3.39. The molecule has 1 aliphatic carbocycles. The van der Waals surface area contributed by atoms with Crippen LogP contribution in [-0.2, 0) is 4.79 Å². The molecule has 2 rings (SSSR count). The molecule has 1 saturated heterocycles. The van der Waals surface area contributed by atoms with E-state index >= 15 is 0 Å². The van der Waals surface area contributed by atoms with Crippen LogP contribution in [0.3, 0.4) is 0 Å². The second kappa shape index (κ2) is 5.38. The average Bonchev–Trinajstić information content (AvgIpc) is 2.25. The number of hydrogen-bond donors (Lipinski definition) is 1. The predicted molar refractivity (Wildman–Crippen MR) is 69.8 cm³/mol. The van der Waals surface area contributed by atoms with Gasteiger partial charge in [-0.25, -0.2) is 0 Å². The van der Waals surface area contributed by atoms with Gasteiger partial charge in [0.15, 0.2) is 0 Å². The van der Waals surface area contributed by atoms with Gasteiger partial charge in [0.05, 0.1) is 0 Å². The maximum absolute atomic E-state index is 11.2. The van der Waals surface area contributed by atoms with Gasteiger partial charge < -0.3 is 5.32 Å². The fraction of sp³-hybridized carbons (Fsp3) is 0.929. The van der Waals surface area contributed by atoms with Crippen molar-refractivity contribution in [2.45, 2.75) is 58.5 Å². The molecule has 1 saturated carbocycles. The molecule has 0 aromatic carbocycles. The number of likely N-dealkylation sites (tertiary alicyclic amines) is 1. The van der Waals surface area contributed by atoms with E-state index in [1.54, 1.807) is 6.92 Å². The van der Waals surface area contributed by atoms with Crippen molar-refractivity contribution in [2.75, 3.05) is 13.1 Å². The summed E-state index contributed by atoms with van der Waals surface area (Å²) in [6.07, 6.45) is 5.12. The van der Waals surface area contributed by atoms with E-state index in [1.165, 1.54) is 25.8 Å². The van der Waals surface area contributed by atoms with Crippen molar-refractivity contribution in [3.8, 4) is 0 Å². The number of amides is 1. The van der Waals surface area contributed by atoms with Gasteiger partial charge in [-0.05, 0) is 31.1 Å². The maximum Gasteiger partial charge on any atom is 0.217 e. The minimum atomic E-state index is 0.119. The molecule has 1 amide bonds. The van der Waals surface area contributed by atoms with Crippen molar-refractivity contribution in [1.29, 1.82) is 0 Å². The normalized spacial score (nSPS) is 38.5. The average molecular weight is 238 g/mol. The molecule has 98 valence electrons. The highest BCUT2D eigenvalue weighted by Gasteiger charge is 2.37. The first-order valence-electron chi connectivity index (χ1n) is 7.11. The number of hydrogen-bond acceptors (Lipinski definition) is 2. The second-order valence-electron chi connectivity index (χ2n) is 5.98. The summed E-state index contributed by atoms with van der Waals surface area (Å²) in [6.45, 7) is 8.55. The molecule has 4 unspecified atom stereocenters.